The predicted octanol–water partition coefficient (Wildman–Crippen LogP) is 3.80. The van der Waals surface area contributed by atoms with E-state index in [2.05, 4.69) is 5.32 Å². The van der Waals surface area contributed by atoms with Crippen molar-refractivity contribution in [2.24, 2.45) is 5.92 Å². The number of amides is 1. The maximum Gasteiger partial charge on any atom is 0.407 e. The van der Waals surface area contributed by atoms with Gasteiger partial charge in [0, 0.05) is 13.2 Å². The van der Waals surface area contributed by atoms with Gasteiger partial charge in [-0.15, -0.1) is 0 Å². The fourth-order valence-electron chi connectivity index (χ4n) is 3.15. The number of hydrogen-bond donors (Lipinski definition) is 1. The van der Waals surface area contributed by atoms with Gasteiger partial charge in [0.15, 0.2) is 0 Å². The van der Waals surface area contributed by atoms with E-state index in [1.807, 2.05) is 6.92 Å². The van der Waals surface area contributed by atoms with Crippen LogP contribution in [0.5, 0.6) is 0 Å². The second-order valence-corrected chi connectivity index (χ2v) is 10.2. The van der Waals surface area contributed by atoms with E-state index in [9.17, 15) is 13.2 Å². The van der Waals surface area contributed by atoms with Crippen LogP contribution in [0.1, 0.15) is 52.0 Å². The monoisotopic (exact) mass is 427 g/mol. The molecule has 0 radical (unpaired) electrons. The van der Waals surface area contributed by atoms with Gasteiger partial charge < -0.3 is 14.8 Å². The Bertz CT molecular complexity index is 746. The molecule has 1 saturated heterocycles. The first-order valence-corrected chi connectivity index (χ1v) is 11.5. The standard InChI is InChI=1S/C21H33NO6S/c1-16-8-10-19(11-9-16)29(24,25)27-15-18(22-20(23)28-21(2,3)4)13-17-7-5-6-12-26-14-17/h8-11,17-18H,5-7,12-15H2,1-4H3,(H,22,23). The van der Waals surface area contributed by atoms with E-state index in [1.165, 1.54) is 12.1 Å². The van der Waals surface area contributed by atoms with Gasteiger partial charge in [-0.2, -0.15) is 8.42 Å². The lowest BCUT2D eigenvalue weighted by Gasteiger charge is -2.26. The summed E-state index contributed by atoms with van der Waals surface area (Å²) in [6.45, 7) is 8.38. The maximum atomic E-state index is 12.5. The molecule has 7 nitrogen and oxygen atoms in total. The molecule has 1 aliphatic rings. The van der Waals surface area contributed by atoms with Crippen LogP contribution in [0, 0.1) is 12.8 Å². The zero-order chi connectivity index (χ0) is 21.5. The maximum absolute atomic E-state index is 12.5. The van der Waals surface area contributed by atoms with E-state index in [0.717, 1.165) is 31.4 Å². The molecule has 2 rings (SSSR count). The van der Waals surface area contributed by atoms with Crippen LogP contribution in [0.4, 0.5) is 4.79 Å². The van der Waals surface area contributed by atoms with Crippen molar-refractivity contribution in [1.29, 1.82) is 0 Å². The molecule has 8 heteroatoms. The highest BCUT2D eigenvalue weighted by Gasteiger charge is 2.26. The van der Waals surface area contributed by atoms with Crippen molar-refractivity contribution >= 4 is 16.2 Å². The normalized spacial score (nSPS) is 19.2. The number of carbonyl (C=O) groups is 1. The molecule has 1 aromatic carbocycles. The topological polar surface area (TPSA) is 90.9 Å². The molecule has 0 saturated carbocycles. The van der Waals surface area contributed by atoms with Gasteiger partial charge in [0.05, 0.1) is 17.5 Å². The predicted molar refractivity (Wildman–Crippen MR) is 110 cm³/mol. The average Bonchev–Trinajstić information content (AvgIpc) is 2.87. The lowest BCUT2D eigenvalue weighted by atomic mass is 9.96. The van der Waals surface area contributed by atoms with Crippen molar-refractivity contribution in [3.63, 3.8) is 0 Å². The van der Waals surface area contributed by atoms with Crippen LogP contribution in [0.2, 0.25) is 0 Å². The molecule has 1 aromatic rings. The first-order chi connectivity index (χ1) is 13.5. The first kappa shape index (κ1) is 23.6. The minimum atomic E-state index is -3.91. The third kappa shape index (κ3) is 8.72. The summed E-state index contributed by atoms with van der Waals surface area (Å²) in [6.07, 6.45) is 3.00. The molecule has 1 amide bonds. The van der Waals surface area contributed by atoms with Crippen LogP contribution in [0.15, 0.2) is 29.2 Å². The van der Waals surface area contributed by atoms with Crippen LogP contribution in [-0.2, 0) is 23.8 Å². The first-order valence-electron chi connectivity index (χ1n) is 10.1. The van der Waals surface area contributed by atoms with Crippen molar-refractivity contribution in [2.45, 2.75) is 69.9 Å². The van der Waals surface area contributed by atoms with E-state index in [-0.39, 0.29) is 17.4 Å². The minimum Gasteiger partial charge on any atom is -0.444 e. The Morgan fingerprint density at radius 3 is 2.59 bits per heavy atom. The van der Waals surface area contributed by atoms with E-state index >= 15 is 0 Å². The Balaban J connectivity index is 2.04. The number of ether oxygens (including phenoxy) is 2. The Morgan fingerprint density at radius 1 is 1.24 bits per heavy atom. The van der Waals surface area contributed by atoms with Crippen LogP contribution < -0.4 is 5.32 Å². The molecule has 0 aromatic heterocycles. The molecule has 0 spiro atoms. The summed E-state index contributed by atoms with van der Waals surface area (Å²) in [7, 11) is -3.91. The van der Waals surface area contributed by atoms with Gasteiger partial charge in [-0.3, -0.25) is 4.18 Å². The van der Waals surface area contributed by atoms with Crippen molar-refractivity contribution in [2.75, 3.05) is 19.8 Å². The highest BCUT2D eigenvalue weighted by molar-refractivity contribution is 7.86. The second-order valence-electron chi connectivity index (χ2n) is 8.57. The zero-order valence-electron chi connectivity index (χ0n) is 17.8. The van der Waals surface area contributed by atoms with Crippen molar-refractivity contribution < 1.29 is 26.9 Å². The Kier molecular flexibility index (Phi) is 8.48. The summed E-state index contributed by atoms with van der Waals surface area (Å²) in [5.74, 6) is 0.225. The Hall–Kier alpha value is -1.64. The van der Waals surface area contributed by atoms with E-state index in [1.54, 1.807) is 32.9 Å². The molecule has 0 bridgehead atoms. The summed E-state index contributed by atoms with van der Waals surface area (Å²) in [4.78, 5) is 12.3. The summed E-state index contributed by atoms with van der Waals surface area (Å²) in [5, 5.41) is 2.77. The molecule has 1 heterocycles. The smallest absolute Gasteiger partial charge is 0.407 e. The van der Waals surface area contributed by atoms with Crippen LogP contribution in [-0.4, -0.2) is 46.0 Å². The van der Waals surface area contributed by atoms with Crippen molar-refractivity contribution in [1.82, 2.24) is 5.32 Å². The largest absolute Gasteiger partial charge is 0.444 e. The third-order valence-corrected chi connectivity index (χ3v) is 5.87. The van der Waals surface area contributed by atoms with Crippen molar-refractivity contribution in [3.8, 4) is 0 Å². The van der Waals surface area contributed by atoms with Gasteiger partial charge in [0.1, 0.15) is 5.60 Å². The Morgan fingerprint density at radius 2 is 1.93 bits per heavy atom. The van der Waals surface area contributed by atoms with Gasteiger partial charge in [-0.05, 0) is 65.0 Å². The molecule has 1 fully saturated rings. The fraction of sp³-hybridized carbons (Fsp3) is 0.667. The molecule has 0 aliphatic carbocycles. The number of alkyl carbamates (subject to hydrolysis) is 1. The van der Waals surface area contributed by atoms with Gasteiger partial charge in [-0.25, -0.2) is 4.79 Å². The molecular weight excluding hydrogens is 394 g/mol. The van der Waals surface area contributed by atoms with Crippen molar-refractivity contribution in [3.05, 3.63) is 29.8 Å². The zero-order valence-corrected chi connectivity index (χ0v) is 18.6. The molecule has 29 heavy (non-hydrogen) atoms. The number of carbonyl (C=O) groups excluding carboxylic acids is 1. The average molecular weight is 428 g/mol. The second kappa shape index (κ2) is 10.4. The summed E-state index contributed by atoms with van der Waals surface area (Å²) < 4.78 is 41.3. The van der Waals surface area contributed by atoms with Gasteiger partial charge in [-0.1, -0.05) is 24.1 Å². The molecule has 164 valence electrons. The number of aryl methyl sites for hydroxylation is 1. The highest BCUT2D eigenvalue weighted by atomic mass is 32.2. The van der Waals surface area contributed by atoms with Gasteiger partial charge in [0.25, 0.3) is 10.1 Å². The Labute approximate surface area is 174 Å². The molecule has 2 atom stereocenters. The van der Waals surface area contributed by atoms with E-state index < -0.39 is 27.9 Å². The minimum absolute atomic E-state index is 0.0944. The number of nitrogens with one attached hydrogen (secondary N) is 1. The molecule has 2 unspecified atom stereocenters. The summed E-state index contributed by atoms with van der Waals surface area (Å²) in [5.41, 5.74) is 0.316. The third-order valence-electron chi connectivity index (χ3n) is 4.58. The van der Waals surface area contributed by atoms with E-state index in [0.29, 0.717) is 13.0 Å². The number of benzene rings is 1. The number of rotatable bonds is 7. The highest BCUT2D eigenvalue weighted by Crippen LogP contribution is 2.21. The molecule has 1 N–H and O–H groups in total. The lowest BCUT2D eigenvalue weighted by molar-refractivity contribution is 0.0464. The van der Waals surface area contributed by atoms with Gasteiger partial charge in [0.2, 0.25) is 0 Å². The molecular formula is C21H33NO6S. The van der Waals surface area contributed by atoms with Crippen LogP contribution in [0.3, 0.4) is 0 Å². The molecule has 1 aliphatic heterocycles. The fourth-order valence-corrected chi connectivity index (χ4v) is 4.10. The lowest BCUT2D eigenvalue weighted by Crippen LogP contribution is -2.43. The van der Waals surface area contributed by atoms with E-state index in [4.69, 9.17) is 13.7 Å². The summed E-state index contributed by atoms with van der Waals surface area (Å²) in [6, 6.07) is 5.96. The quantitative estimate of drug-likeness (QED) is 0.666. The van der Waals surface area contributed by atoms with Crippen LogP contribution >= 0.6 is 0 Å². The SMILES string of the molecule is Cc1ccc(S(=O)(=O)OCC(CC2CCCCOC2)NC(=O)OC(C)(C)C)cc1. The van der Waals surface area contributed by atoms with Gasteiger partial charge >= 0.3 is 6.09 Å². The number of hydrogen-bond acceptors (Lipinski definition) is 6. The summed E-state index contributed by atoms with van der Waals surface area (Å²) >= 11 is 0. The van der Waals surface area contributed by atoms with Crippen LogP contribution in [0.25, 0.3) is 0 Å².